The Morgan fingerprint density at radius 2 is 1.71 bits per heavy atom. The zero-order valence-corrected chi connectivity index (χ0v) is 17.6. The molecule has 0 aliphatic carbocycles. The Labute approximate surface area is 171 Å². The summed E-state index contributed by atoms with van der Waals surface area (Å²) < 4.78 is 16.0. The topological polar surface area (TPSA) is 56.8 Å². The first-order chi connectivity index (χ1) is 13.6. The molecule has 0 saturated heterocycles. The summed E-state index contributed by atoms with van der Waals surface area (Å²) in [5.74, 6) is 3.25. The Morgan fingerprint density at radius 1 is 1.00 bits per heavy atom. The van der Waals surface area contributed by atoms with Gasteiger partial charge in [0, 0.05) is 29.7 Å². The van der Waals surface area contributed by atoms with Gasteiger partial charge in [-0.1, -0.05) is 29.8 Å². The standard InChI is InChI=1S/C22H27NO4S/c1-16-5-7-17(8-6-16)15-28-14-13-23-20(24)12-10-18-9-11-19(25-2)22(27-4)21(18)26-3/h5-12H,13-15H2,1-4H3,(H,23,24). The lowest BCUT2D eigenvalue weighted by atomic mass is 10.1. The molecule has 0 fully saturated rings. The van der Waals surface area contributed by atoms with Gasteiger partial charge in [-0.25, -0.2) is 0 Å². The lowest BCUT2D eigenvalue weighted by Gasteiger charge is -2.13. The molecule has 2 aromatic carbocycles. The highest BCUT2D eigenvalue weighted by Gasteiger charge is 2.14. The van der Waals surface area contributed by atoms with Gasteiger partial charge in [0.2, 0.25) is 11.7 Å². The third kappa shape index (κ3) is 6.23. The van der Waals surface area contributed by atoms with Crippen LogP contribution < -0.4 is 19.5 Å². The molecule has 0 unspecified atom stereocenters. The van der Waals surface area contributed by atoms with Crippen molar-refractivity contribution in [3.05, 3.63) is 59.2 Å². The molecule has 6 heteroatoms. The number of benzene rings is 2. The third-order valence-electron chi connectivity index (χ3n) is 4.08. The average Bonchev–Trinajstić information content (AvgIpc) is 2.72. The van der Waals surface area contributed by atoms with Gasteiger partial charge in [-0.15, -0.1) is 0 Å². The lowest BCUT2D eigenvalue weighted by Crippen LogP contribution is -2.23. The molecule has 2 aromatic rings. The average molecular weight is 402 g/mol. The van der Waals surface area contributed by atoms with Crippen LogP contribution in [0.2, 0.25) is 0 Å². The van der Waals surface area contributed by atoms with E-state index in [9.17, 15) is 4.79 Å². The molecule has 0 aromatic heterocycles. The second-order valence-corrected chi connectivity index (χ2v) is 7.19. The molecule has 0 aliphatic heterocycles. The molecule has 150 valence electrons. The Kier molecular flexibility index (Phi) is 8.75. The van der Waals surface area contributed by atoms with Crippen molar-refractivity contribution < 1.29 is 19.0 Å². The van der Waals surface area contributed by atoms with Crippen molar-refractivity contribution in [2.24, 2.45) is 0 Å². The van der Waals surface area contributed by atoms with Gasteiger partial charge in [0.25, 0.3) is 0 Å². The van der Waals surface area contributed by atoms with Crippen LogP contribution in [0.15, 0.2) is 42.5 Å². The molecule has 28 heavy (non-hydrogen) atoms. The number of nitrogens with one attached hydrogen (secondary N) is 1. The lowest BCUT2D eigenvalue weighted by molar-refractivity contribution is -0.116. The van der Waals surface area contributed by atoms with Gasteiger partial charge in [0.15, 0.2) is 11.5 Å². The summed E-state index contributed by atoms with van der Waals surface area (Å²) in [5.41, 5.74) is 3.30. The zero-order valence-electron chi connectivity index (χ0n) is 16.8. The summed E-state index contributed by atoms with van der Waals surface area (Å²) in [6, 6.07) is 12.1. The molecule has 1 N–H and O–H groups in total. The number of carbonyl (C=O) groups excluding carboxylic acids is 1. The Hall–Kier alpha value is -2.60. The van der Waals surface area contributed by atoms with Crippen molar-refractivity contribution in [1.29, 1.82) is 0 Å². The number of thioether (sulfide) groups is 1. The van der Waals surface area contributed by atoms with E-state index < -0.39 is 0 Å². The first-order valence-electron chi connectivity index (χ1n) is 8.97. The zero-order chi connectivity index (χ0) is 20.4. The van der Waals surface area contributed by atoms with Gasteiger partial charge >= 0.3 is 0 Å². The number of hydrogen-bond acceptors (Lipinski definition) is 5. The van der Waals surface area contributed by atoms with Crippen molar-refractivity contribution in [2.75, 3.05) is 33.6 Å². The molecule has 2 rings (SSSR count). The van der Waals surface area contributed by atoms with Crippen LogP contribution in [-0.2, 0) is 10.5 Å². The molecular formula is C22H27NO4S. The highest BCUT2D eigenvalue weighted by atomic mass is 32.2. The smallest absolute Gasteiger partial charge is 0.244 e. The Balaban J connectivity index is 1.82. The third-order valence-corrected chi connectivity index (χ3v) is 5.11. The first-order valence-corrected chi connectivity index (χ1v) is 10.1. The van der Waals surface area contributed by atoms with Crippen LogP contribution >= 0.6 is 11.8 Å². The van der Waals surface area contributed by atoms with Crippen molar-refractivity contribution in [1.82, 2.24) is 5.32 Å². The predicted octanol–water partition coefficient (Wildman–Crippen LogP) is 4.08. The summed E-state index contributed by atoms with van der Waals surface area (Å²) in [5, 5.41) is 2.89. The van der Waals surface area contributed by atoms with E-state index >= 15 is 0 Å². The van der Waals surface area contributed by atoms with E-state index in [4.69, 9.17) is 14.2 Å². The van der Waals surface area contributed by atoms with Crippen molar-refractivity contribution in [2.45, 2.75) is 12.7 Å². The minimum Gasteiger partial charge on any atom is -0.493 e. The van der Waals surface area contributed by atoms with Crippen molar-refractivity contribution in [3.8, 4) is 17.2 Å². The molecular weight excluding hydrogens is 374 g/mol. The minimum atomic E-state index is -0.146. The highest BCUT2D eigenvalue weighted by molar-refractivity contribution is 7.98. The molecule has 0 radical (unpaired) electrons. The normalized spacial score (nSPS) is 10.7. The Bertz CT molecular complexity index is 803. The number of methoxy groups -OCH3 is 3. The van der Waals surface area contributed by atoms with E-state index in [0.29, 0.717) is 23.8 Å². The van der Waals surface area contributed by atoms with Crippen LogP contribution in [0.4, 0.5) is 0 Å². The second-order valence-electron chi connectivity index (χ2n) is 6.09. The van der Waals surface area contributed by atoms with Crippen LogP contribution in [0, 0.1) is 6.92 Å². The molecule has 0 spiro atoms. The maximum absolute atomic E-state index is 12.1. The number of rotatable bonds is 10. The van der Waals surface area contributed by atoms with E-state index in [1.165, 1.54) is 17.2 Å². The van der Waals surface area contributed by atoms with Crippen molar-refractivity contribution in [3.63, 3.8) is 0 Å². The number of aryl methyl sites for hydroxylation is 1. The number of amides is 1. The van der Waals surface area contributed by atoms with Gasteiger partial charge in [-0.05, 0) is 30.7 Å². The summed E-state index contributed by atoms with van der Waals surface area (Å²) >= 11 is 1.79. The summed E-state index contributed by atoms with van der Waals surface area (Å²) in [6.45, 7) is 2.69. The first kappa shape index (κ1) is 21.7. The summed E-state index contributed by atoms with van der Waals surface area (Å²) in [4.78, 5) is 12.1. The number of carbonyl (C=O) groups is 1. The van der Waals surface area contributed by atoms with Gasteiger partial charge < -0.3 is 19.5 Å². The van der Waals surface area contributed by atoms with Crippen LogP contribution in [0.1, 0.15) is 16.7 Å². The number of ether oxygens (including phenoxy) is 3. The van der Waals surface area contributed by atoms with Gasteiger partial charge in [0.05, 0.1) is 21.3 Å². The van der Waals surface area contributed by atoms with Gasteiger partial charge in [-0.2, -0.15) is 11.8 Å². The number of hydrogen-bond donors (Lipinski definition) is 1. The van der Waals surface area contributed by atoms with E-state index in [-0.39, 0.29) is 5.91 Å². The highest BCUT2D eigenvalue weighted by Crippen LogP contribution is 2.40. The fourth-order valence-electron chi connectivity index (χ4n) is 2.60. The van der Waals surface area contributed by atoms with Crippen LogP contribution in [-0.4, -0.2) is 39.5 Å². The van der Waals surface area contributed by atoms with E-state index in [0.717, 1.165) is 17.1 Å². The van der Waals surface area contributed by atoms with Gasteiger partial charge in [0.1, 0.15) is 0 Å². The van der Waals surface area contributed by atoms with Crippen molar-refractivity contribution >= 4 is 23.7 Å². The van der Waals surface area contributed by atoms with Crippen LogP contribution in [0.5, 0.6) is 17.2 Å². The fourth-order valence-corrected chi connectivity index (χ4v) is 3.42. The van der Waals surface area contributed by atoms with E-state index in [1.807, 2.05) is 6.07 Å². The molecule has 0 bridgehead atoms. The predicted molar refractivity (Wildman–Crippen MR) is 115 cm³/mol. The molecule has 0 heterocycles. The fraction of sp³-hybridized carbons (Fsp3) is 0.318. The molecule has 0 atom stereocenters. The quantitative estimate of drug-likeness (QED) is 0.480. The second kappa shape index (κ2) is 11.3. The maximum atomic E-state index is 12.1. The molecule has 1 amide bonds. The van der Waals surface area contributed by atoms with E-state index in [2.05, 4.69) is 36.5 Å². The largest absolute Gasteiger partial charge is 0.493 e. The van der Waals surface area contributed by atoms with Gasteiger partial charge in [-0.3, -0.25) is 4.79 Å². The summed E-state index contributed by atoms with van der Waals surface area (Å²) in [6.07, 6.45) is 3.20. The Morgan fingerprint density at radius 3 is 2.36 bits per heavy atom. The molecule has 0 saturated carbocycles. The monoisotopic (exact) mass is 401 g/mol. The SMILES string of the molecule is COc1ccc(C=CC(=O)NCCSCc2ccc(C)cc2)c(OC)c1OC. The maximum Gasteiger partial charge on any atom is 0.244 e. The van der Waals surface area contributed by atoms with Crippen LogP contribution in [0.3, 0.4) is 0 Å². The minimum absolute atomic E-state index is 0.146. The van der Waals surface area contributed by atoms with Crippen LogP contribution in [0.25, 0.3) is 6.08 Å². The molecule has 0 aliphatic rings. The molecule has 5 nitrogen and oxygen atoms in total. The van der Waals surface area contributed by atoms with E-state index in [1.54, 1.807) is 45.2 Å². The summed E-state index contributed by atoms with van der Waals surface area (Å²) in [7, 11) is 4.67.